The second-order valence-corrected chi connectivity index (χ2v) is 6.13. The highest BCUT2D eigenvalue weighted by Crippen LogP contribution is 2.23. The summed E-state index contributed by atoms with van der Waals surface area (Å²) in [4.78, 5) is 5.96. The molecule has 2 aromatic rings. The molecule has 2 heterocycles. The number of rotatable bonds is 6. The summed E-state index contributed by atoms with van der Waals surface area (Å²) in [5.74, 6) is 0. The van der Waals surface area contributed by atoms with E-state index in [9.17, 15) is 0 Å². The van der Waals surface area contributed by atoms with Crippen LogP contribution in [0.25, 0.3) is 0 Å². The van der Waals surface area contributed by atoms with Crippen molar-refractivity contribution in [3.05, 3.63) is 33.5 Å². The monoisotopic (exact) mass is 278 g/mol. The van der Waals surface area contributed by atoms with E-state index in [0.29, 0.717) is 0 Å². The van der Waals surface area contributed by atoms with Crippen molar-refractivity contribution in [3.63, 3.8) is 0 Å². The summed E-state index contributed by atoms with van der Waals surface area (Å²) < 4.78 is 1.95. The van der Waals surface area contributed by atoms with Gasteiger partial charge in [0.2, 0.25) is 0 Å². The van der Waals surface area contributed by atoms with Crippen LogP contribution in [0.3, 0.4) is 0 Å². The molecular weight excluding hydrogens is 256 g/mol. The first-order chi connectivity index (χ1) is 9.11. The molecule has 1 unspecified atom stereocenters. The maximum Gasteiger partial charge on any atom is 0.0950 e. The molecule has 0 amide bonds. The predicted molar refractivity (Wildman–Crippen MR) is 79.5 cm³/mol. The summed E-state index contributed by atoms with van der Waals surface area (Å²) in [6.07, 6.45) is 3.91. The molecule has 0 fully saturated rings. The van der Waals surface area contributed by atoms with Crippen molar-refractivity contribution in [2.75, 3.05) is 6.54 Å². The Balaban J connectivity index is 2.16. The number of hydrogen-bond donors (Lipinski definition) is 1. The Morgan fingerprint density at radius 1 is 1.42 bits per heavy atom. The average molecular weight is 278 g/mol. The van der Waals surface area contributed by atoms with Crippen LogP contribution >= 0.6 is 11.3 Å². The number of aromatic nitrogens is 3. The zero-order valence-electron chi connectivity index (χ0n) is 12.1. The fraction of sp³-hybridized carbons (Fsp3) is 0.571. The van der Waals surface area contributed by atoms with E-state index in [0.717, 1.165) is 25.1 Å². The van der Waals surface area contributed by atoms with Crippen LogP contribution in [0.2, 0.25) is 0 Å². The first-order valence-corrected chi connectivity index (χ1v) is 7.57. The Labute approximate surface area is 118 Å². The van der Waals surface area contributed by atoms with Gasteiger partial charge in [0, 0.05) is 24.5 Å². The van der Waals surface area contributed by atoms with Crippen molar-refractivity contribution < 1.29 is 0 Å². The summed E-state index contributed by atoms with van der Waals surface area (Å²) >= 11 is 1.80. The Bertz CT molecular complexity index is 510. The molecule has 0 aliphatic carbocycles. The van der Waals surface area contributed by atoms with Crippen molar-refractivity contribution in [2.24, 2.45) is 7.05 Å². The van der Waals surface area contributed by atoms with E-state index in [-0.39, 0.29) is 6.04 Å². The van der Waals surface area contributed by atoms with E-state index in [4.69, 9.17) is 0 Å². The molecule has 0 spiro atoms. The van der Waals surface area contributed by atoms with Gasteiger partial charge in [0.15, 0.2) is 0 Å². The summed E-state index contributed by atoms with van der Waals surface area (Å²) in [6, 6.07) is 2.37. The molecule has 2 aromatic heterocycles. The summed E-state index contributed by atoms with van der Waals surface area (Å²) in [7, 11) is 1.99. The average Bonchev–Trinajstić information content (AvgIpc) is 2.92. The molecule has 5 heteroatoms. The lowest BCUT2D eigenvalue weighted by Gasteiger charge is -2.17. The first kappa shape index (κ1) is 14.2. The second kappa shape index (κ2) is 6.30. The van der Waals surface area contributed by atoms with Gasteiger partial charge < -0.3 is 5.32 Å². The van der Waals surface area contributed by atoms with Gasteiger partial charge in [0.05, 0.1) is 22.4 Å². The number of nitrogens with one attached hydrogen (secondary N) is 1. The third-order valence-corrected chi connectivity index (χ3v) is 4.40. The predicted octanol–water partition coefficient (Wildman–Crippen LogP) is 2.78. The van der Waals surface area contributed by atoms with Gasteiger partial charge >= 0.3 is 0 Å². The Morgan fingerprint density at radius 2 is 2.21 bits per heavy atom. The molecule has 0 saturated carbocycles. The molecule has 1 atom stereocenters. The first-order valence-electron chi connectivity index (χ1n) is 6.76. The van der Waals surface area contributed by atoms with Gasteiger partial charge in [-0.3, -0.25) is 4.68 Å². The minimum absolute atomic E-state index is 0.289. The van der Waals surface area contributed by atoms with E-state index >= 15 is 0 Å². The lowest BCUT2D eigenvalue weighted by molar-refractivity contribution is 0.492. The zero-order chi connectivity index (χ0) is 13.8. The van der Waals surface area contributed by atoms with Crippen LogP contribution in [0.1, 0.15) is 40.7 Å². The van der Waals surface area contributed by atoms with Crippen molar-refractivity contribution in [2.45, 2.75) is 39.7 Å². The Kier molecular flexibility index (Phi) is 4.71. The van der Waals surface area contributed by atoms with Crippen molar-refractivity contribution in [1.82, 2.24) is 20.1 Å². The summed E-state index contributed by atoms with van der Waals surface area (Å²) in [6.45, 7) is 7.41. The largest absolute Gasteiger partial charge is 0.308 e. The van der Waals surface area contributed by atoms with Gasteiger partial charge in [-0.25, -0.2) is 4.98 Å². The van der Waals surface area contributed by atoms with E-state index in [1.807, 2.05) is 17.9 Å². The smallest absolute Gasteiger partial charge is 0.0950 e. The van der Waals surface area contributed by atoms with Crippen LogP contribution in [-0.4, -0.2) is 21.3 Å². The van der Waals surface area contributed by atoms with Gasteiger partial charge in [-0.2, -0.15) is 5.10 Å². The SMILES string of the molecule is CCCNC(Cc1nc(C)c(C)s1)c1ccnn1C. The molecule has 1 N–H and O–H groups in total. The third-order valence-electron chi connectivity index (χ3n) is 3.31. The van der Waals surface area contributed by atoms with E-state index in [1.54, 1.807) is 11.3 Å². The summed E-state index contributed by atoms with van der Waals surface area (Å²) in [5.41, 5.74) is 2.37. The third kappa shape index (κ3) is 3.42. The molecule has 0 saturated heterocycles. The van der Waals surface area contributed by atoms with Crippen molar-refractivity contribution in [3.8, 4) is 0 Å². The van der Waals surface area contributed by atoms with Gasteiger partial charge in [-0.1, -0.05) is 6.92 Å². The highest BCUT2D eigenvalue weighted by molar-refractivity contribution is 7.11. The molecule has 0 aliphatic heterocycles. The van der Waals surface area contributed by atoms with E-state index in [2.05, 4.69) is 42.2 Å². The van der Waals surface area contributed by atoms with Gasteiger partial charge in [0.25, 0.3) is 0 Å². The summed E-state index contributed by atoms with van der Waals surface area (Å²) in [5, 5.41) is 9.06. The Morgan fingerprint density at radius 3 is 2.74 bits per heavy atom. The van der Waals surface area contributed by atoms with Crippen LogP contribution in [0.5, 0.6) is 0 Å². The lowest BCUT2D eigenvalue weighted by Crippen LogP contribution is -2.26. The Hall–Kier alpha value is -1.20. The number of nitrogens with zero attached hydrogens (tertiary/aromatic N) is 3. The molecule has 4 nitrogen and oxygen atoms in total. The highest BCUT2D eigenvalue weighted by atomic mass is 32.1. The molecule has 0 aliphatic rings. The molecule has 0 radical (unpaired) electrons. The van der Waals surface area contributed by atoms with Crippen molar-refractivity contribution in [1.29, 1.82) is 0 Å². The zero-order valence-corrected chi connectivity index (χ0v) is 12.9. The minimum Gasteiger partial charge on any atom is -0.308 e. The maximum atomic E-state index is 4.65. The fourth-order valence-corrected chi connectivity index (χ4v) is 3.11. The van der Waals surface area contributed by atoms with Crippen LogP contribution in [-0.2, 0) is 13.5 Å². The molecule has 0 bridgehead atoms. The standard InChI is InChI=1S/C14H22N4S/c1-5-7-15-12(13-6-8-16-18(13)4)9-14-17-10(2)11(3)19-14/h6,8,12,15H,5,7,9H2,1-4H3. The van der Waals surface area contributed by atoms with Crippen LogP contribution < -0.4 is 5.32 Å². The molecule has 104 valence electrons. The maximum absolute atomic E-state index is 4.65. The highest BCUT2D eigenvalue weighted by Gasteiger charge is 2.17. The van der Waals surface area contributed by atoms with E-state index in [1.165, 1.54) is 15.6 Å². The minimum atomic E-state index is 0.289. The lowest BCUT2D eigenvalue weighted by atomic mass is 10.1. The molecule has 0 aromatic carbocycles. The number of aryl methyl sites for hydroxylation is 3. The van der Waals surface area contributed by atoms with Gasteiger partial charge in [-0.05, 0) is 32.9 Å². The normalized spacial score (nSPS) is 12.8. The van der Waals surface area contributed by atoms with Crippen molar-refractivity contribution >= 4 is 11.3 Å². The van der Waals surface area contributed by atoms with Gasteiger partial charge in [0.1, 0.15) is 0 Å². The number of thiazole rings is 1. The topological polar surface area (TPSA) is 42.7 Å². The second-order valence-electron chi connectivity index (χ2n) is 4.84. The molecular formula is C14H22N4S. The van der Waals surface area contributed by atoms with Crippen LogP contribution in [0, 0.1) is 13.8 Å². The number of hydrogen-bond acceptors (Lipinski definition) is 4. The van der Waals surface area contributed by atoms with Gasteiger partial charge in [-0.15, -0.1) is 11.3 Å². The van der Waals surface area contributed by atoms with Crippen LogP contribution in [0.4, 0.5) is 0 Å². The fourth-order valence-electron chi connectivity index (χ4n) is 2.13. The quantitative estimate of drug-likeness (QED) is 0.883. The molecule has 2 rings (SSSR count). The van der Waals surface area contributed by atoms with E-state index < -0.39 is 0 Å². The van der Waals surface area contributed by atoms with Crippen LogP contribution in [0.15, 0.2) is 12.3 Å². The molecule has 19 heavy (non-hydrogen) atoms.